The fraction of sp³-hybridized carbons (Fsp3) is 0.562. The summed E-state index contributed by atoms with van der Waals surface area (Å²) in [4.78, 5) is 12.0. The number of hydrogen-bond donors (Lipinski definition) is 1. The minimum Gasteiger partial charge on any atom is -0.506 e. The van der Waals surface area contributed by atoms with Crippen molar-refractivity contribution in [2.45, 2.75) is 38.7 Å². The van der Waals surface area contributed by atoms with Gasteiger partial charge in [-0.3, -0.25) is 0 Å². The number of ether oxygens (including phenoxy) is 2. The Kier molecular flexibility index (Phi) is 9.11. The van der Waals surface area contributed by atoms with Crippen LogP contribution in [0.3, 0.4) is 0 Å². The maximum Gasteiger partial charge on any atom is 0.341 e. The zero-order valence-electron chi connectivity index (χ0n) is 13.2. The van der Waals surface area contributed by atoms with Crippen molar-refractivity contribution in [3.8, 4) is 5.75 Å². The van der Waals surface area contributed by atoms with Crippen LogP contribution in [0, 0.1) is 0 Å². The number of carbonyl (C=O) groups excluding carboxylic acids is 1. The molecule has 0 saturated heterocycles. The largest absolute Gasteiger partial charge is 0.506 e. The monoisotopic (exact) mass is 514 g/mol. The highest BCUT2D eigenvalue weighted by Crippen LogP contribution is 2.32. The molecule has 130 valence electrons. The second kappa shape index (κ2) is 10.0. The Hall–Kier alpha value is -0.110. The van der Waals surface area contributed by atoms with Crippen molar-refractivity contribution in [2.75, 3.05) is 18.5 Å². The average molecular weight is 517 g/mol. The van der Waals surface area contributed by atoms with Gasteiger partial charge in [0.2, 0.25) is 0 Å². The van der Waals surface area contributed by atoms with Crippen molar-refractivity contribution in [3.05, 3.63) is 26.6 Å². The van der Waals surface area contributed by atoms with E-state index < -0.39 is 5.97 Å². The van der Waals surface area contributed by atoms with Crippen LogP contribution in [0.25, 0.3) is 0 Å². The van der Waals surface area contributed by atoms with Gasteiger partial charge >= 0.3 is 5.97 Å². The minimum atomic E-state index is -0.538. The molecular weight excluding hydrogens is 496 g/mol. The fourth-order valence-corrected chi connectivity index (χ4v) is 3.51. The van der Waals surface area contributed by atoms with Gasteiger partial charge in [-0.2, -0.15) is 0 Å². The number of carbonyl (C=O) groups is 1. The van der Waals surface area contributed by atoms with Gasteiger partial charge in [0.15, 0.2) is 0 Å². The van der Waals surface area contributed by atoms with Crippen LogP contribution in [0.2, 0.25) is 0 Å². The van der Waals surface area contributed by atoms with E-state index in [2.05, 4.69) is 61.6 Å². The number of halogens is 3. The molecule has 0 amide bonds. The Bertz CT molecular complexity index is 530. The molecule has 0 aromatic heterocycles. The normalized spacial score (nSPS) is 13.6. The number of unbranched alkanes of at least 4 members (excludes halogenated alkanes) is 1. The van der Waals surface area contributed by atoms with Gasteiger partial charge in [-0.15, -0.1) is 0 Å². The number of benzene rings is 1. The van der Waals surface area contributed by atoms with Crippen LogP contribution in [0.5, 0.6) is 5.75 Å². The van der Waals surface area contributed by atoms with E-state index in [1.54, 1.807) is 6.07 Å². The van der Waals surface area contributed by atoms with E-state index in [0.717, 1.165) is 18.2 Å². The van der Waals surface area contributed by atoms with Gasteiger partial charge < -0.3 is 14.6 Å². The van der Waals surface area contributed by atoms with Gasteiger partial charge in [0.05, 0.1) is 16.7 Å². The molecule has 0 fully saturated rings. The molecule has 1 rings (SSSR count). The Balaban J connectivity index is 2.36. The Morgan fingerprint density at radius 3 is 2.52 bits per heavy atom. The highest BCUT2D eigenvalue weighted by Gasteiger charge is 2.20. The number of hydrogen-bond acceptors (Lipinski definition) is 4. The summed E-state index contributed by atoms with van der Waals surface area (Å²) >= 11 is 9.92. The molecule has 0 radical (unpaired) electrons. The van der Waals surface area contributed by atoms with Crippen LogP contribution in [-0.4, -0.2) is 35.2 Å². The van der Waals surface area contributed by atoms with Crippen molar-refractivity contribution in [3.63, 3.8) is 0 Å². The lowest BCUT2D eigenvalue weighted by Gasteiger charge is -2.26. The summed E-state index contributed by atoms with van der Waals surface area (Å²) in [7, 11) is 0. The molecule has 0 aliphatic carbocycles. The summed E-state index contributed by atoms with van der Waals surface area (Å²) in [6.07, 6.45) is 2.46. The molecule has 0 spiro atoms. The van der Waals surface area contributed by atoms with Gasteiger partial charge in [0.25, 0.3) is 0 Å². The van der Waals surface area contributed by atoms with E-state index >= 15 is 0 Å². The van der Waals surface area contributed by atoms with E-state index in [1.807, 2.05) is 0 Å². The standard InChI is InChI=1S/C16H21Br3O4/c1-3-16(2,10-17)23-7-5-4-6-22-15(21)12-8-11(18)9-13(19)14(12)20/h8-9,20H,3-7,10H2,1-2H3. The molecule has 1 aromatic carbocycles. The zero-order chi connectivity index (χ0) is 17.5. The number of alkyl halides is 1. The first kappa shape index (κ1) is 20.9. The molecule has 0 bridgehead atoms. The van der Waals surface area contributed by atoms with E-state index in [-0.39, 0.29) is 16.9 Å². The summed E-state index contributed by atoms with van der Waals surface area (Å²) in [6, 6.07) is 3.20. The fourth-order valence-electron chi connectivity index (χ4n) is 1.72. The third kappa shape index (κ3) is 6.72. The number of phenolic OH excluding ortho intramolecular Hbond substituents is 1. The van der Waals surface area contributed by atoms with Crippen molar-refractivity contribution >= 4 is 53.8 Å². The number of aromatic hydroxyl groups is 1. The molecule has 0 aliphatic rings. The Morgan fingerprint density at radius 1 is 1.26 bits per heavy atom. The number of phenols is 1. The summed E-state index contributed by atoms with van der Waals surface area (Å²) in [5, 5.41) is 10.7. The number of esters is 1. The molecule has 0 heterocycles. The van der Waals surface area contributed by atoms with E-state index in [0.29, 0.717) is 28.6 Å². The topological polar surface area (TPSA) is 55.8 Å². The van der Waals surface area contributed by atoms with E-state index in [9.17, 15) is 9.90 Å². The molecule has 1 N–H and O–H groups in total. The molecular formula is C16H21Br3O4. The second-order valence-electron chi connectivity index (χ2n) is 5.41. The van der Waals surface area contributed by atoms with Gasteiger partial charge in [-0.05, 0) is 54.2 Å². The zero-order valence-corrected chi connectivity index (χ0v) is 18.0. The molecule has 7 heteroatoms. The van der Waals surface area contributed by atoms with Crippen LogP contribution >= 0.6 is 47.8 Å². The summed E-state index contributed by atoms with van der Waals surface area (Å²) in [5.41, 5.74) is -0.00855. The molecule has 0 aliphatic heterocycles. The van der Waals surface area contributed by atoms with Crippen molar-refractivity contribution in [1.82, 2.24) is 0 Å². The third-order valence-corrected chi connectivity index (χ3v) is 5.75. The molecule has 1 aromatic rings. The highest BCUT2D eigenvalue weighted by atomic mass is 79.9. The van der Waals surface area contributed by atoms with Crippen molar-refractivity contribution in [2.24, 2.45) is 0 Å². The van der Waals surface area contributed by atoms with Gasteiger partial charge in [-0.1, -0.05) is 38.8 Å². The summed E-state index contributed by atoms with van der Waals surface area (Å²) in [5.74, 6) is -0.651. The maximum absolute atomic E-state index is 12.0. The predicted molar refractivity (Wildman–Crippen MR) is 101 cm³/mol. The molecule has 1 unspecified atom stereocenters. The smallest absolute Gasteiger partial charge is 0.341 e. The summed E-state index contributed by atoms with van der Waals surface area (Å²) in [6.45, 7) is 5.07. The number of rotatable bonds is 9. The quantitative estimate of drug-likeness (QED) is 0.270. The maximum atomic E-state index is 12.0. The third-order valence-electron chi connectivity index (χ3n) is 3.50. The van der Waals surface area contributed by atoms with Crippen LogP contribution < -0.4 is 0 Å². The molecule has 0 saturated carbocycles. The first-order valence-electron chi connectivity index (χ1n) is 7.38. The lowest BCUT2D eigenvalue weighted by Crippen LogP contribution is -2.30. The lowest BCUT2D eigenvalue weighted by molar-refractivity contribution is -0.0187. The molecule has 23 heavy (non-hydrogen) atoms. The first-order chi connectivity index (χ1) is 10.8. The van der Waals surface area contributed by atoms with Crippen LogP contribution in [0.15, 0.2) is 21.1 Å². The van der Waals surface area contributed by atoms with Crippen molar-refractivity contribution in [1.29, 1.82) is 0 Å². The van der Waals surface area contributed by atoms with Crippen molar-refractivity contribution < 1.29 is 19.4 Å². The van der Waals surface area contributed by atoms with Gasteiger partial charge in [-0.25, -0.2) is 4.79 Å². The van der Waals surface area contributed by atoms with Gasteiger partial charge in [0, 0.05) is 16.4 Å². The van der Waals surface area contributed by atoms with Crippen LogP contribution in [0.1, 0.15) is 43.5 Å². The summed E-state index contributed by atoms with van der Waals surface area (Å²) < 4.78 is 12.2. The second-order valence-corrected chi connectivity index (χ2v) is 7.74. The first-order valence-corrected chi connectivity index (χ1v) is 10.1. The minimum absolute atomic E-state index is 0.113. The molecule has 4 nitrogen and oxygen atoms in total. The average Bonchev–Trinajstić information content (AvgIpc) is 2.53. The lowest BCUT2D eigenvalue weighted by atomic mass is 10.1. The Labute approximate surface area is 162 Å². The Morgan fingerprint density at radius 2 is 1.91 bits per heavy atom. The van der Waals surface area contributed by atoms with Crippen LogP contribution in [0.4, 0.5) is 0 Å². The molecule has 1 atom stereocenters. The highest BCUT2D eigenvalue weighted by molar-refractivity contribution is 9.11. The van der Waals surface area contributed by atoms with Gasteiger partial charge in [0.1, 0.15) is 11.3 Å². The van der Waals surface area contributed by atoms with Crippen LogP contribution in [-0.2, 0) is 9.47 Å². The predicted octanol–water partition coefficient (Wildman–Crippen LogP) is 5.43. The van der Waals surface area contributed by atoms with E-state index in [1.165, 1.54) is 6.07 Å². The SMILES string of the molecule is CCC(C)(CBr)OCCCCOC(=O)c1cc(Br)cc(Br)c1O. The van der Waals surface area contributed by atoms with E-state index in [4.69, 9.17) is 9.47 Å².